The minimum Gasteiger partial charge on any atom is -0.463 e. The molecule has 0 aliphatic carbocycles. The fraction of sp³-hybridized carbons (Fsp3) is 0.474. The monoisotopic (exact) mass is 836 g/mol. The van der Waals surface area contributed by atoms with Crippen LogP contribution < -0.4 is 0 Å². The summed E-state index contributed by atoms with van der Waals surface area (Å²) in [5.41, 5.74) is -0.605. The van der Waals surface area contributed by atoms with Crippen LogP contribution in [0, 0.1) is 0 Å². The highest BCUT2D eigenvalue weighted by Gasteiger charge is 2.61. The van der Waals surface area contributed by atoms with Crippen LogP contribution >= 0.6 is 0 Å². The van der Waals surface area contributed by atoms with Gasteiger partial charge >= 0.3 is 36.0 Å². The molecule has 0 aromatic heterocycles. The number of alkyl halides is 3. The minimum atomic E-state index is -5.36. The Morgan fingerprint density at radius 3 is 1.68 bits per heavy atom. The lowest BCUT2D eigenvalue weighted by Crippen LogP contribution is -2.70. The van der Waals surface area contributed by atoms with Crippen LogP contribution in [0.15, 0.2) is 59.6 Å². The Labute approximate surface area is 333 Å². The molecule has 3 aliphatic rings. The Bertz CT molecular complexity index is 1940. The lowest BCUT2D eigenvalue weighted by Gasteiger charge is -2.50. The number of hydrogen-bond acceptors (Lipinski definition) is 17. The molecule has 0 bridgehead atoms. The summed E-state index contributed by atoms with van der Waals surface area (Å²) in [6.07, 6.45) is -21.7. The molecular formula is C38H39F3N2O16. The van der Waals surface area contributed by atoms with Crippen LogP contribution in [0.4, 0.5) is 18.9 Å². The first-order chi connectivity index (χ1) is 27.8. The molecule has 318 valence electrons. The number of benzene rings is 2. The number of halogens is 3. The third-order valence-corrected chi connectivity index (χ3v) is 8.87. The van der Waals surface area contributed by atoms with Gasteiger partial charge in [-0.15, -0.1) is 0 Å². The van der Waals surface area contributed by atoms with Gasteiger partial charge < -0.3 is 42.6 Å². The smallest absolute Gasteiger partial charge is 0.463 e. The number of carbonyl (C=O) groups is 7. The number of rotatable bonds is 11. The predicted molar refractivity (Wildman–Crippen MR) is 188 cm³/mol. The number of nitrogens with zero attached hydrogens (tertiary/aromatic N) is 2. The molecule has 59 heavy (non-hydrogen) atoms. The first kappa shape index (κ1) is 44.2. The standard InChI is InChI=1S/C38H39F3N2O16/c1-17-28(53-19(3)45)31(55-21(5)47)32(56-22(6)48)36(52-17)58-30-27(43-33(49)24-14-10-11-15-25(24)34(43)50)35(57-26(16-51-18(2)44)29(30)54-20(4)46)59-37(38(39,40)41)42-23-12-8-7-9-13-23/h7-15,17,26-32,35-36H,16H2,1-6H3/t17-,26+,27+,28-,29-,30+,31+,32+,35?,36-/m0/s1. The van der Waals surface area contributed by atoms with Crippen molar-refractivity contribution >= 4 is 53.2 Å². The van der Waals surface area contributed by atoms with Crippen molar-refractivity contribution in [1.82, 2.24) is 4.90 Å². The Kier molecular flexibility index (Phi) is 13.7. The summed E-state index contributed by atoms with van der Waals surface area (Å²) in [5.74, 6) is -8.85. The second-order valence-corrected chi connectivity index (χ2v) is 13.3. The van der Waals surface area contributed by atoms with Gasteiger partial charge in [-0.05, 0) is 31.2 Å². The van der Waals surface area contributed by atoms with Gasteiger partial charge in [0.1, 0.15) is 24.9 Å². The molecule has 0 N–H and O–H groups in total. The number of esters is 5. The van der Waals surface area contributed by atoms with Gasteiger partial charge in [-0.3, -0.25) is 38.5 Å². The molecule has 5 rings (SSSR count). The van der Waals surface area contributed by atoms with Crippen molar-refractivity contribution in [2.24, 2.45) is 4.99 Å². The van der Waals surface area contributed by atoms with Crippen LogP contribution in [0.1, 0.15) is 62.3 Å². The maximum atomic E-state index is 14.8. The second kappa shape index (κ2) is 18.3. The number of fused-ring (bicyclic) bond motifs is 1. The number of ether oxygens (including phenoxy) is 9. The molecule has 3 aliphatic heterocycles. The number of aliphatic imine (C=N–C) groups is 1. The van der Waals surface area contributed by atoms with E-state index in [0.29, 0.717) is 4.90 Å². The zero-order valence-corrected chi connectivity index (χ0v) is 32.2. The van der Waals surface area contributed by atoms with E-state index in [2.05, 4.69) is 4.99 Å². The molecule has 2 aromatic rings. The average molecular weight is 837 g/mol. The molecule has 2 aromatic carbocycles. The van der Waals surface area contributed by atoms with Gasteiger partial charge in [0.15, 0.2) is 30.7 Å². The van der Waals surface area contributed by atoms with E-state index in [9.17, 15) is 46.7 Å². The van der Waals surface area contributed by atoms with Gasteiger partial charge in [0, 0.05) is 34.6 Å². The van der Waals surface area contributed by atoms with Crippen LogP contribution in [0.3, 0.4) is 0 Å². The predicted octanol–water partition coefficient (Wildman–Crippen LogP) is 3.11. The summed E-state index contributed by atoms with van der Waals surface area (Å²) < 4.78 is 95.3. The Hall–Kier alpha value is -5.93. The molecule has 2 amide bonds. The molecule has 0 radical (unpaired) electrons. The van der Waals surface area contributed by atoms with Crippen molar-refractivity contribution in [3.63, 3.8) is 0 Å². The third-order valence-electron chi connectivity index (χ3n) is 8.87. The lowest BCUT2D eigenvalue weighted by molar-refractivity contribution is -0.343. The molecule has 21 heteroatoms. The molecule has 2 saturated heterocycles. The van der Waals surface area contributed by atoms with E-state index in [4.69, 9.17) is 42.6 Å². The first-order valence-corrected chi connectivity index (χ1v) is 17.9. The van der Waals surface area contributed by atoms with Gasteiger partial charge in [-0.1, -0.05) is 30.3 Å². The highest BCUT2D eigenvalue weighted by atomic mass is 19.4. The zero-order valence-electron chi connectivity index (χ0n) is 32.2. The summed E-state index contributed by atoms with van der Waals surface area (Å²) in [6.45, 7) is 5.45. The molecule has 1 unspecified atom stereocenters. The van der Waals surface area contributed by atoms with E-state index in [-0.39, 0.29) is 16.8 Å². The fourth-order valence-electron chi connectivity index (χ4n) is 6.68. The van der Waals surface area contributed by atoms with Crippen molar-refractivity contribution < 1.29 is 89.4 Å². The molecular weight excluding hydrogens is 797 g/mol. The van der Waals surface area contributed by atoms with Crippen molar-refractivity contribution in [2.45, 2.75) is 109 Å². The number of imide groups is 1. The van der Waals surface area contributed by atoms with Crippen molar-refractivity contribution in [3.05, 3.63) is 65.7 Å². The van der Waals surface area contributed by atoms with E-state index in [1.807, 2.05) is 0 Å². The summed E-state index contributed by atoms with van der Waals surface area (Å²) in [6, 6.07) is 10.00. The van der Waals surface area contributed by atoms with Crippen molar-refractivity contribution in [3.8, 4) is 0 Å². The molecule has 10 atom stereocenters. The third kappa shape index (κ3) is 10.4. The van der Waals surface area contributed by atoms with Gasteiger partial charge in [-0.25, -0.2) is 4.99 Å². The van der Waals surface area contributed by atoms with E-state index in [1.165, 1.54) is 61.5 Å². The van der Waals surface area contributed by atoms with Gasteiger partial charge in [0.2, 0.25) is 6.29 Å². The van der Waals surface area contributed by atoms with Crippen LogP contribution in [0.5, 0.6) is 0 Å². The van der Waals surface area contributed by atoms with Crippen molar-refractivity contribution in [2.75, 3.05) is 6.61 Å². The largest absolute Gasteiger partial charge is 0.468 e. The molecule has 0 spiro atoms. The van der Waals surface area contributed by atoms with Gasteiger partial charge in [0.05, 0.1) is 22.9 Å². The topological polar surface area (TPSA) is 218 Å². The highest BCUT2D eigenvalue weighted by molar-refractivity contribution is 6.21. The SMILES string of the molecule is CC(=O)OC[C@H]1OC(OC(=Nc2ccccc2)C(F)(F)F)[C@H](N2C(=O)c3ccccc3C2=O)[C@@H](O[C@@H]2O[C@@H](C)[C@H](OC(C)=O)[C@@H](OC(C)=O)[C@H]2OC(C)=O)[C@H]1OC(C)=O. The minimum absolute atomic E-state index is 0.186. The fourth-order valence-corrected chi connectivity index (χ4v) is 6.68. The van der Waals surface area contributed by atoms with E-state index >= 15 is 0 Å². The number of hydrogen-bond donors (Lipinski definition) is 0. The average Bonchev–Trinajstić information content (AvgIpc) is 3.39. The quantitative estimate of drug-likeness (QED) is 0.104. The molecule has 0 saturated carbocycles. The Balaban J connectivity index is 1.73. The molecule has 18 nitrogen and oxygen atoms in total. The van der Waals surface area contributed by atoms with Crippen LogP contribution in [-0.4, -0.2) is 127 Å². The number of para-hydroxylation sites is 1. The summed E-state index contributed by atoms with van der Waals surface area (Å²) >= 11 is 0. The first-order valence-electron chi connectivity index (χ1n) is 17.9. The summed E-state index contributed by atoms with van der Waals surface area (Å²) in [4.78, 5) is 94.3. The second-order valence-electron chi connectivity index (χ2n) is 13.3. The number of amides is 2. The zero-order chi connectivity index (χ0) is 43.3. The highest BCUT2D eigenvalue weighted by Crippen LogP contribution is 2.39. The van der Waals surface area contributed by atoms with Gasteiger partial charge in [-0.2, -0.15) is 13.2 Å². The van der Waals surface area contributed by atoms with Crippen LogP contribution in [-0.2, 0) is 66.6 Å². The van der Waals surface area contributed by atoms with Crippen molar-refractivity contribution in [1.29, 1.82) is 0 Å². The summed E-state index contributed by atoms with van der Waals surface area (Å²) in [7, 11) is 0. The molecule has 3 heterocycles. The maximum Gasteiger partial charge on any atom is 0.468 e. The normalized spacial score (nSPS) is 28.2. The lowest BCUT2D eigenvalue weighted by atomic mass is 9.93. The molecule has 2 fully saturated rings. The maximum absolute atomic E-state index is 14.8. The van der Waals surface area contributed by atoms with Crippen LogP contribution in [0.2, 0.25) is 0 Å². The van der Waals surface area contributed by atoms with E-state index < -0.39 is 122 Å². The Morgan fingerprint density at radius 2 is 1.15 bits per heavy atom. The summed E-state index contributed by atoms with van der Waals surface area (Å²) in [5, 5.41) is 0. The van der Waals surface area contributed by atoms with Crippen LogP contribution in [0.25, 0.3) is 0 Å². The van der Waals surface area contributed by atoms with Gasteiger partial charge in [0.25, 0.3) is 17.7 Å². The van der Waals surface area contributed by atoms with E-state index in [1.54, 1.807) is 0 Å². The number of carbonyl (C=O) groups excluding carboxylic acids is 7. The van der Waals surface area contributed by atoms with E-state index in [0.717, 1.165) is 34.6 Å². The Morgan fingerprint density at radius 1 is 0.644 bits per heavy atom.